The molecule has 0 saturated carbocycles. The van der Waals surface area contributed by atoms with Gasteiger partial charge in [-0.15, -0.1) is 24.0 Å². The molecule has 0 aliphatic carbocycles. The molecule has 6 nitrogen and oxygen atoms in total. The third-order valence-corrected chi connectivity index (χ3v) is 4.47. The average molecular weight is 532 g/mol. The summed E-state index contributed by atoms with van der Waals surface area (Å²) < 4.78 is 11.6. The Labute approximate surface area is 201 Å². The number of nitrogens with zero attached hydrogens (tertiary/aromatic N) is 3. The van der Waals surface area contributed by atoms with Crippen molar-refractivity contribution < 1.29 is 9.47 Å². The maximum absolute atomic E-state index is 5.86. The number of para-hydroxylation sites is 1. The van der Waals surface area contributed by atoms with Gasteiger partial charge in [0.05, 0.1) is 12.2 Å². The van der Waals surface area contributed by atoms with E-state index >= 15 is 0 Å². The van der Waals surface area contributed by atoms with Crippen molar-refractivity contribution in [1.82, 2.24) is 15.2 Å². The summed E-state index contributed by atoms with van der Waals surface area (Å²) in [7, 11) is 3.78. The Morgan fingerprint density at radius 1 is 0.968 bits per heavy atom. The van der Waals surface area contributed by atoms with Gasteiger partial charge in [-0.1, -0.05) is 36.4 Å². The number of benzene rings is 2. The highest BCUT2D eigenvalue weighted by Crippen LogP contribution is 2.15. The summed E-state index contributed by atoms with van der Waals surface area (Å²) in [5.41, 5.74) is 2.02. The summed E-state index contributed by atoms with van der Waals surface area (Å²) in [6.45, 7) is 2.40. The molecule has 2 aromatic carbocycles. The molecular formula is C24H29IN4O2. The minimum absolute atomic E-state index is 0. The van der Waals surface area contributed by atoms with Crippen LogP contribution in [0.4, 0.5) is 0 Å². The molecule has 3 rings (SSSR count). The largest absolute Gasteiger partial charge is 0.492 e. The summed E-state index contributed by atoms with van der Waals surface area (Å²) in [6.07, 6.45) is 1.77. The second-order valence-electron chi connectivity index (χ2n) is 6.74. The molecule has 7 heteroatoms. The SMILES string of the molecule is CN=C(NCc1cccc(OCc2ccccn2)c1)N(C)CCOc1ccccc1.I. The van der Waals surface area contributed by atoms with Crippen LogP contribution in [0.3, 0.4) is 0 Å². The van der Waals surface area contributed by atoms with Crippen molar-refractivity contribution in [3.8, 4) is 11.5 Å². The van der Waals surface area contributed by atoms with E-state index in [2.05, 4.69) is 21.4 Å². The van der Waals surface area contributed by atoms with Gasteiger partial charge in [-0.2, -0.15) is 0 Å². The van der Waals surface area contributed by atoms with Crippen LogP contribution in [-0.2, 0) is 13.2 Å². The topological polar surface area (TPSA) is 59.0 Å². The van der Waals surface area contributed by atoms with Crippen molar-refractivity contribution in [2.75, 3.05) is 27.2 Å². The Kier molecular flexibility index (Phi) is 10.6. The molecule has 0 atom stereocenters. The first-order valence-electron chi connectivity index (χ1n) is 9.96. The van der Waals surface area contributed by atoms with Gasteiger partial charge in [0.1, 0.15) is 24.7 Å². The number of aromatic nitrogens is 1. The zero-order valence-corrected chi connectivity index (χ0v) is 20.2. The highest BCUT2D eigenvalue weighted by atomic mass is 127. The maximum atomic E-state index is 5.86. The third kappa shape index (κ3) is 8.45. The van der Waals surface area contributed by atoms with Crippen LogP contribution >= 0.6 is 24.0 Å². The molecule has 1 heterocycles. The molecule has 0 aliphatic heterocycles. The van der Waals surface area contributed by atoms with E-state index in [1.165, 1.54) is 0 Å². The number of ether oxygens (including phenoxy) is 2. The fraction of sp³-hybridized carbons (Fsp3) is 0.250. The van der Waals surface area contributed by atoms with E-state index in [9.17, 15) is 0 Å². The summed E-state index contributed by atoms with van der Waals surface area (Å²) in [5.74, 6) is 2.50. The summed E-state index contributed by atoms with van der Waals surface area (Å²) in [5, 5.41) is 3.39. The zero-order valence-electron chi connectivity index (χ0n) is 17.9. The lowest BCUT2D eigenvalue weighted by Crippen LogP contribution is -2.40. The molecule has 31 heavy (non-hydrogen) atoms. The summed E-state index contributed by atoms with van der Waals surface area (Å²) in [6, 6.07) is 23.7. The van der Waals surface area contributed by atoms with Crippen LogP contribution in [0.5, 0.6) is 11.5 Å². The van der Waals surface area contributed by atoms with Crippen molar-refractivity contribution in [1.29, 1.82) is 0 Å². The van der Waals surface area contributed by atoms with Crippen LogP contribution < -0.4 is 14.8 Å². The van der Waals surface area contributed by atoms with Gasteiger partial charge in [-0.25, -0.2) is 0 Å². The number of guanidine groups is 1. The predicted octanol–water partition coefficient (Wildman–Crippen LogP) is 4.36. The molecule has 0 saturated heterocycles. The zero-order chi connectivity index (χ0) is 21.0. The lowest BCUT2D eigenvalue weighted by Gasteiger charge is -2.22. The molecular weight excluding hydrogens is 503 g/mol. The Hall–Kier alpha value is -2.81. The molecule has 0 amide bonds. The predicted molar refractivity (Wildman–Crippen MR) is 135 cm³/mol. The van der Waals surface area contributed by atoms with Crippen LogP contribution in [0.1, 0.15) is 11.3 Å². The standard InChI is InChI=1S/C24H28N4O2.HI/c1-25-24(28(2)15-16-29-22-11-4-3-5-12-22)27-18-20-9-8-13-23(17-20)30-19-21-10-6-7-14-26-21;/h3-14,17H,15-16,18-19H2,1-2H3,(H,25,27);1H. The molecule has 0 spiro atoms. The van der Waals surface area contributed by atoms with Gasteiger partial charge in [0.15, 0.2) is 5.96 Å². The Morgan fingerprint density at radius 2 is 1.74 bits per heavy atom. The number of hydrogen-bond acceptors (Lipinski definition) is 4. The number of aliphatic imine (C=N–C) groups is 1. The van der Waals surface area contributed by atoms with Crippen LogP contribution in [0.15, 0.2) is 84.0 Å². The molecule has 0 bridgehead atoms. The Balaban J connectivity index is 0.00000341. The monoisotopic (exact) mass is 532 g/mol. The van der Waals surface area contributed by atoms with Gasteiger partial charge in [-0.3, -0.25) is 9.98 Å². The maximum Gasteiger partial charge on any atom is 0.193 e. The van der Waals surface area contributed by atoms with E-state index in [-0.39, 0.29) is 24.0 Å². The highest BCUT2D eigenvalue weighted by Gasteiger charge is 2.07. The van der Waals surface area contributed by atoms with Crippen LogP contribution in [0.25, 0.3) is 0 Å². The van der Waals surface area contributed by atoms with Crippen LogP contribution in [0, 0.1) is 0 Å². The highest BCUT2D eigenvalue weighted by molar-refractivity contribution is 14.0. The van der Waals surface area contributed by atoms with Crippen molar-refractivity contribution in [3.05, 3.63) is 90.3 Å². The van der Waals surface area contributed by atoms with Crippen LogP contribution in [-0.4, -0.2) is 43.1 Å². The summed E-state index contributed by atoms with van der Waals surface area (Å²) >= 11 is 0. The second kappa shape index (κ2) is 13.5. The second-order valence-corrected chi connectivity index (χ2v) is 6.74. The number of pyridine rings is 1. The van der Waals surface area contributed by atoms with E-state index in [1.807, 2.05) is 78.7 Å². The normalized spacial score (nSPS) is 10.7. The molecule has 3 aromatic rings. The van der Waals surface area contributed by atoms with Crippen molar-refractivity contribution in [3.63, 3.8) is 0 Å². The number of nitrogens with one attached hydrogen (secondary N) is 1. The van der Waals surface area contributed by atoms with Gasteiger partial charge in [0.2, 0.25) is 0 Å². The van der Waals surface area contributed by atoms with Gasteiger partial charge in [-0.05, 0) is 42.0 Å². The third-order valence-electron chi connectivity index (χ3n) is 4.47. The molecule has 0 unspecified atom stereocenters. The Morgan fingerprint density at radius 3 is 2.48 bits per heavy atom. The van der Waals surface area contributed by atoms with Crippen LogP contribution in [0.2, 0.25) is 0 Å². The van der Waals surface area contributed by atoms with E-state index in [4.69, 9.17) is 9.47 Å². The quantitative estimate of drug-likeness (QED) is 0.252. The molecule has 0 fully saturated rings. The molecule has 164 valence electrons. The number of hydrogen-bond donors (Lipinski definition) is 1. The fourth-order valence-corrected chi connectivity index (χ4v) is 2.87. The number of halogens is 1. The van der Waals surface area contributed by atoms with Crippen molar-refractivity contribution in [2.24, 2.45) is 4.99 Å². The average Bonchev–Trinajstić information content (AvgIpc) is 2.80. The molecule has 0 aliphatic rings. The minimum atomic E-state index is 0. The van der Waals surface area contributed by atoms with E-state index < -0.39 is 0 Å². The molecule has 1 aromatic heterocycles. The van der Waals surface area contributed by atoms with E-state index in [0.717, 1.165) is 35.3 Å². The first-order valence-corrected chi connectivity index (χ1v) is 9.96. The van der Waals surface area contributed by atoms with Crippen molar-refractivity contribution >= 4 is 29.9 Å². The lowest BCUT2D eigenvalue weighted by molar-refractivity contribution is 0.281. The molecule has 1 N–H and O–H groups in total. The van der Waals surface area contributed by atoms with Crippen molar-refractivity contribution in [2.45, 2.75) is 13.2 Å². The minimum Gasteiger partial charge on any atom is -0.492 e. The summed E-state index contributed by atoms with van der Waals surface area (Å²) in [4.78, 5) is 10.7. The van der Waals surface area contributed by atoms with Gasteiger partial charge in [0, 0.05) is 26.8 Å². The Bertz CT molecular complexity index is 923. The van der Waals surface area contributed by atoms with Gasteiger partial charge in [0.25, 0.3) is 0 Å². The van der Waals surface area contributed by atoms with E-state index in [0.29, 0.717) is 19.8 Å². The van der Waals surface area contributed by atoms with Gasteiger partial charge < -0.3 is 19.7 Å². The molecule has 0 radical (unpaired) electrons. The fourth-order valence-electron chi connectivity index (χ4n) is 2.87. The van der Waals surface area contributed by atoms with Gasteiger partial charge >= 0.3 is 0 Å². The smallest absolute Gasteiger partial charge is 0.193 e. The first-order chi connectivity index (χ1) is 14.7. The first kappa shape index (κ1) is 24.5. The van der Waals surface area contributed by atoms with E-state index in [1.54, 1.807) is 13.2 Å². The number of rotatable bonds is 9. The number of likely N-dealkylation sites (N-methyl/N-ethyl adjacent to an activating group) is 1. The lowest BCUT2D eigenvalue weighted by atomic mass is 10.2.